The predicted molar refractivity (Wildman–Crippen MR) is 108 cm³/mol. The maximum absolute atomic E-state index is 13.0. The van der Waals surface area contributed by atoms with Crippen molar-refractivity contribution in [3.05, 3.63) is 87.3 Å². The van der Waals surface area contributed by atoms with Gasteiger partial charge in [0.1, 0.15) is 17.3 Å². The number of thioether (sulfide) groups is 1. The Morgan fingerprint density at radius 1 is 1.07 bits per heavy atom. The van der Waals surface area contributed by atoms with Crippen LogP contribution in [0.25, 0.3) is 17.4 Å². The van der Waals surface area contributed by atoms with Crippen molar-refractivity contribution in [1.82, 2.24) is 5.32 Å². The highest BCUT2D eigenvalue weighted by molar-refractivity contribution is 8.18. The van der Waals surface area contributed by atoms with Crippen LogP contribution < -0.4 is 5.32 Å². The van der Waals surface area contributed by atoms with Crippen molar-refractivity contribution in [3.8, 4) is 11.3 Å². The van der Waals surface area contributed by atoms with Gasteiger partial charge in [-0.1, -0.05) is 0 Å². The van der Waals surface area contributed by atoms with Gasteiger partial charge >= 0.3 is 0 Å². The zero-order chi connectivity index (χ0) is 20.4. The minimum Gasteiger partial charge on any atom is -0.457 e. The molecule has 1 N–H and O–H groups in total. The second kappa shape index (κ2) is 7.72. The third-order valence-electron chi connectivity index (χ3n) is 3.97. The van der Waals surface area contributed by atoms with Gasteiger partial charge in [-0.15, -0.1) is 0 Å². The van der Waals surface area contributed by atoms with Crippen LogP contribution in [0.1, 0.15) is 5.76 Å². The summed E-state index contributed by atoms with van der Waals surface area (Å²) in [5.74, 6) is 0.304. The molecule has 3 aromatic rings. The number of nitrogens with zero attached hydrogens (tertiary/aromatic N) is 2. The largest absolute Gasteiger partial charge is 0.457 e. The van der Waals surface area contributed by atoms with Gasteiger partial charge in [-0.2, -0.15) is 0 Å². The number of amidine groups is 1. The fourth-order valence-corrected chi connectivity index (χ4v) is 3.40. The number of carbonyl (C=O) groups excluding carboxylic acids is 1. The maximum Gasteiger partial charge on any atom is 0.269 e. The first kappa shape index (κ1) is 18.6. The molecule has 1 saturated heterocycles. The Kier molecular flexibility index (Phi) is 4.96. The molecule has 0 unspecified atom stereocenters. The van der Waals surface area contributed by atoms with Gasteiger partial charge in [0, 0.05) is 23.8 Å². The quantitative estimate of drug-likeness (QED) is 0.376. The highest BCUT2D eigenvalue weighted by atomic mass is 32.2. The van der Waals surface area contributed by atoms with Gasteiger partial charge in [0.15, 0.2) is 5.17 Å². The lowest BCUT2D eigenvalue weighted by Crippen LogP contribution is -2.19. The summed E-state index contributed by atoms with van der Waals surface area (Å²) in [4.78, 5) is 27.1. The van der Waals surface area contributed by atoms with E-state index in [2.05, 4.69) is 10.3 Å². The van der Waals surface area contributed by atoms with E-state index in [-0.39, 0.29) is 17.4 Å². The van der Waals surface area contributed by atoms with Gasteiger partial charge in [-0.25, -0.2) is 9.38 Å². The van der Waals surface area contributed by atoms with Crippen molar-refractivity contribution in [2.24, 2.45) is 4.99 Å². The third kappa shape index (κ3) is 4.25. The molecule has 0 radical (unpaired) electrons. The van der Waals surface area contributed by atoms with Crippen LogP contribution in [-0.4, -0.2) is 16.0 Å². The number of aliphatic imine (C=N–C) groups is 1. The summed E-state index contributed by atoms with van der Waals surface area (Å²) in [5.41, 5.74) is 1.20. The topological polar surface area (TPSA) is 97.7 Å². The van der Waals surface area contributed by atoms with Crippen molar-refractivity contribution >= 4 is 40.3 Å². The highest BCUT2D eigenvalue weighted by Gasteiger charge is 2.24. The average molecular weight is 409 g/mol. The minimum absolute atomic E-state index is 0.00496. The monoisotopic (exact) mass is 409 g/mol. The number of nitro groups is 1. The molecule has 1 fully saturated rings. The average Bonchev–Trinajstić information content (AvgIpc) is 3.31. The molecular weight excluding hydrogens is 397 g/mol. The van der Waals surface area contributed by atoms with E-state index in [0.717, 1.165) is 11.8 Å². The van der Waals surface area contributed by atoms with Crippen LogP contribution in [0, 0.1) is 15.9 Å². The smallest absolute Gasteiger partial charge is 0.269 e. The van der Waals surface area contributed by atoms with E-state index in [1.807, 2.05) is 0 Å². The van der Waals surface area contributed by atoms with Gasteiger partial charge in [0.05, 0.1) is 15.5 Å². The van der Waals surface area contributed by atoms with Gasteiger partial charge in [0.25, 0.3) is 11.6 Å². The summed E-state index contributed by atoms with van der Waals surface area (Å²) in [6.45, 7) is 0. The van der Waals surface area contributed by atoms with Crippen molar-refractivity contribution in [1.29, 1.82) is 0 Å². The number of non-ortho nitro benzene ring substituents is 1. The minimum atomic E-state index is -0.469. The lowest BCUT2D eigenvalue weighted by atomic mass is 10.1. The van der Waals surface area contributed by atoms with Gasteiger partial charge < -0.3 is 9.73 Å². The van der Waals surface area contributed by atoms with Crippen LogP contribution in [0.15, 0.2) is 75.0 Å². The Labute approximate surface area is 168 Å². The van der Waals surface area contributed by atoms with Crippen LogP contribution in [0.5, 0.6) is 0 Å². The molecule has 9 heteroatoms. The predicted octanol–water partition coefficient (Wildman–Crippen LogP) is 4.89. The lowest BCUT2D eigenvalue weighted by Gasteiger charge is -1.96. The van der Waals surface area contributed by atoms with Crippen LogP contribution >= 0.6 is 11.8 Å². The third-order valence-corrected chi connectivity index (χ3v) is 4.88. The summed E-state index contributed by atoms with van der Waals surface area (Å²) in [6, 6.07) is 15.0. The molecule has 1 aliphatic rings. The van der Waals surface area contributed by atoms with E-state index >= 15 is 0 Å². The number of furan rings is 1. The number of carbonyl (C=O) groups is 1. The summed E-state index contributed by atoms with van der Waals surface area (Å²) < 4.78 is 18.7. The van der Waals surface area contributed by atoms with E-state index in [9.17, 15) is 19.3 Å². The molecule has 29 heavy (non-hydrogen) atoms. The van der Waals surface area contributed by atoms with Gasteiger partial charge in [-0.3, -0.25) is 14.9 Å². The number of amides is 1. The fourth-order valence-electron chi connectivity index (χ4n) is 2.58. The maximum atomic E-state index is 13.0. The Bertz CT molecular complexity index is 1150. The molecule has 1 aliphatic heterocycles. The molecule has 1 amide bonds. The van der Waals surface area contributed by atoms with Crippen molar-refractivity contribution in [2.45, 2.75) is 0 Å². The molecule has 0 bridgehead atoms. The van der Waals surface area contributed by atoms with Crippen molar-refractivity contribution in [2.75, 3.05) is 0 Å². The molecule has 1 aromatic heterocycles. The molecule has 7 nitrogen and oxygen atoms in total. The lowest BCUT2D eigenvalue weighted by molar-refractivity contribution is -0.384. The van der Waals surface area contributed by atoms with E-state index < -0.39 is 4.92 Å². The molecule has 2 heterocycles. The Balaban J connectivity index is 1.52. The molecule has 2 aromatic carbocycles. The van der Waals surface area contributed by atoms with Crippen LogP contribution in [-0.2, 0) is 4.79 Å². The highest BCUT2D eigenvalue weighted by Crippen LogP contribution is 2.30. The Hall–Kier alpha value is -3.72. The summed E-state index contributed by atoms with van der Waals surface area (Å²) in [6.07, 6.45) is 1.59. The van der Waals surface area contributed by atoms with Crippen molar-refractivity contribution < 1.29 is 18.5 Å². The Morgan fingerprint density at radius 3 is 2.48 bits per heavy atom. The molecule has 0 atom stereocenters. The van der Waals surface area contributed by atoms with Crippen molar-refractivity contribution in [3.63, 3.8) is 0 Å². The number of nitrogens with one attached hydrogen (secondary N) is 1. The summed E-state index contributed by atoms with van der Waals surface area (Å²) >= 11 is 1.14. The fraction of sp³-hybridized carbons (Fsp3) is 0. The number of hydrogen-bond donors (Lipinski definition) is 1. The summed E-state index contributed by atoms with van der Waals surface area (Å²) in [5, 5.41) is 13.8. The molecule has 0 saturated carbocycles. The number of nitro benzene ring substituents is 1. The first-order valence-electron chi connectivity index (χ1n) is 8.38. The molecule has 0 spiro atoms. The molecule has 4 rings (SSSR count). The van der Waals surface area contributed by atoms with E-state index in [1.165, 1.54) is 36.4 Å². The second-order valence-corrected chi connectivity index (χ2v) is 6.99. The normalized spacial score (nSPS) is 16.4. The molecular formula is C20H12FN3O4S. The first-order chi connectivity index (χ1) is 14.0. The summed E-state index contributed by atoms with van der Waals surface area (Å²) in [7, 11) is 0. The van der Waals surface area contributed by atoms with E-state index in [0.29, 0.717) is 32.8 Å². The number of benzene rings is 2. The number of hydrogen-bond acceptors (Lipinski definition) is 6. The van der Waals surface area contributed by atoms with Gasteiger partial charge in [0.2, 0.25) is 0 Å². The van der Waals surface area contributed by atoms with Gasteiger partial charge in [-0.05, 0) is 60.3 Å². The van der Waals surface area contributed by atoms with E-state index in [4.69, 9.17) is 4.42 Å². The Morgan fingerprint density at radius 2 is 1.79 bits per heavy atom. The van der Waals surface area contributed by atoms with E-state index in [1.54, 1.807) is 30.3 Å². The number of halogens is 1. The zero-order valence-electron chi connectivity index (χ0n) is 14.7. The molecule has 0 aliphatic carbocycles. The second-order valence-electron chi connectivity index (χ2n) is 5.96. The zero-order valence-corrected chi connectivity index (χ0v) is 15.5. The SMILES string of the molecule is O=C1NC(=Nc2ccc(F)cc2)S/C1=C/c1ccc(-c2ccc([N+](=O)[O-])cc2)o1. The standard InChI is InChI=1S/C20H12FN3O4S/c21-13-3-5-14(6-4-13)22-20-23-19(25)18(29-20)11-16-9-10-17(28-16)12-1-7-15(8-2-12)24(26)27/h1-11H,(H,22,23,25)/b18-11+. The van der Waals surface area contributed by atoms with Crippen LogP contribution in [0.2, 0.25) is 0 Å². The molecule has 144 valence electrons. The van der Waals surface area contributed by atoms with Crippen LogP contribution in [0.3, 0.4) is 0 Å². The first-order valence-corrected chi connectivity index (χ1v) is 9.19. The number of rotatable bonds is 4. The van der Waals surface area contributed by atoms with Crippen LogP contribution in [0.4, 0.5) is 15.8 Å².